The van der Waals surface area contributed by atoms with E-state index in [9.17, 15) is 0 Å². The molecule has 0 bridgehead atoms. The molecule has 0 aromatic rings. The minimum absolute atomic E-state index is 0.0906. The Kier molecular flexibility index (Phi) is 13.7. The van der Waals surface area contributed by atoms with E-state index in [1.165, 1.54) is 57.9 Å². The first-order valence-electron chi connectivity index (χ1n) is 10.9. The zero-order chi connectivity index (χ0) is 19.4. The molecule has 152 valence electrons. The van der Waals surface area contributed by atoms with Crippen molar-refractivity contribution in [1.29, 1.82) is 0 Å². The zero-order valence-corrected chi connectivity index (χ0v) is 22.7. The second-order valence-electron chi connectivity index (χ2n) is 9.58. The van der Waals surface area contributed by atoms with Crippen LogP contribution in [0.2, 0.25) is 39.0 Å². The van der Waals surface area contributed by atoms with Gasteiger partial charge in [0.1, 0.15) is 0 Å². The van der Waals surface area contributed by atoms with Crippen molar-refractivity contribution in [3.8, 4) is 0 Å². The van der Waals surface area contributed by atoms with Crippen LogP contribution in [0.25, 0.3) is 0 Å². The van der Waals surface area contributed by atoms with Gasteiger partial charge in [0.2, 0.25) is 0 Å². The topological polar surface area (TPSA) is 18.5 Å². The van der Waals surface area contributed by atoms with E-state index in [0.29, 0.717) is 6.79 Å². The van der Waals surface area contributed by atoms with E-state index >= 15 is 0 Å². The molecule has 4 heteroatoms. The van der Waals surface area contributed by atoms with Gasteiger partial charge in [-0.15, -0.1) is 0 Å². The van der Waals surface area contributed by atoms with Gasteiger partial charge in [0.15, 0.2) is 0 Å². The predicted octanol–water partition coefficient (Wildman–Crippen LogP) is 7.48. The van der Waals surface area contributed by atoms with Crippen LogP contribution in [0.3, 0.4) is 0 Å². The van der Waals surface area contributed by atoms with E-state index in [1.807, 2.05) is 0 Å². The van der Waals surface area contributed by atoms with Gasteiger partial charge < -0.3 is 0 Å². The molecule has 0 amide bonds. The first-order valence-corrected chi connectivity index (χ1v) is 22.0. The van der Waals surface area contributed by atoms with E-state index in [2.05, 4.69) is 54.3 Å². The Hall–Kier alpha value is 0.936. The van der Waals surface area contributed by atoms with E-state index in [1.54, 1.807) is 0 Å². The number of rotatable bonds is 16. The molecule has 2 nitrogen and oxygen atoms in total. The predicted molar refractivity (Wildman–Crippen MR) is 119 cm³/mol. The molecule has 0 N–H and O–H groups in total. The van der Waals surface area contributed by atoms with Crippen LogP contribution in [0.5, 0.6) is 0 Å². The van der Waals surface area contributed by atoms with Gasteiger partial charge in [-0.2, -0.15) is 0 Å². The van der Waals surface area contributed by atoms with Gasteiger partial charge in [-0.3, -0.25) is 0 Å². The first-order chi connectivity index (χ1) is 11.6. The summed E-state index contributed by atoms with van der Waals surface area (Å²) in [6, 6.07) is 1.23. The van der Waals surface area contributed by atoms with Crippen LogP contribution >= 0.6 is 0 Å². The Morgan fingerprint density at radius 1 is 0.800 bits per heavy atom. The van der Waals surface area contributed by atoms with Crippen molar-refractivity contribution in [2.24, 2.45) is 0 Å². The summed E-state index contributed by atoms with van der Waals surface area (Å²) in [4.78, 5) is 0. The molecule has 0 aliphatic heterocycles. The fraction of sp³-hybridized carbons (Fsp3) is 1.00. The molecule has 0 saturated heterocycles. The molecule has 0 unspecified atom stereocenters. The quantitative estimate of drug-likeness (QED) is 0.130. The minimum atomic E-state index is -2.38. The van der Waals surface area contributed by atoms with Crippen molar-refractivity contribution >= 4 is 26.5 Å². The summed E-state index contributed by atoms with van der Waals surface area (Å²) in [5.74, 6) is 0. The maximum absolute atomic E-state index is 6.49. The number of hydrogen-bond acceptors (Lipinski definition) is 2. The van der Waals surface area contributed by atoms with E-state index < -0.39 is 26.5 Å². The monoisotopic (exact) mass is 480 g/mol. The zero-order valence-electron chi connectivity index (χ0n) is 18.8. The van der Waals surface area contributed by atoms with Crippen LogP contribution in [0.15, 0.2) is 0 Å². The Labute approximate surface area is 164 Å². The molecule has 0 aromatic carbocycles. The molecule has 0 heterocycles. The summed E-state index contributed by atoms with van der Waals surface area (Å²) in [5, 5.41) is 0. The van der Waals surface area contributed by atoms with Gasteiger partial charge in [-0.1, -0.05) is 0 Å². The van der Waals surface area contributed by atoms with E-state index in [4.69, 9.17) is 9.47 Å². The third kappa shape index (κ3) is 10.7. The second-order valence-corrected chi connectivity index (χ2v) is 30.2. The third-order valence-electron chi connectivity index (χ3n) is 5.80. The fourth-order valence-electron chi connectivity index (χ4n) is 3.60. The summed E-state index contributed by atoms with van der Waals surface area (Å²) in [7, 11) is -1.01. The Balaban J connectivity index is 4.88. The third-order valence-corrected chi connectivity index (χ3v) is 26.4. The van der Waals surface area contributed by atoms with Crippen molar-refractivity contribution in [3.05, 3.63) is 0 Å². The number of ether oxygens (including phenoxy) is 2. The molecule has 0 spiro atoms. The van der Waals surface area contributed by atoms with Crippen molar-refractivity contribution in [3.63, 3.8) is 0 Å². The normalized spacial score (nSPS) is 13.4. The van der Waals surface area contributed by atoms with Gasteiger partial charge in [-0.25, -0.2) is 0 Å². The van der Waals surface area contributed by atoms with Crippen molar-refractivity contribution in [1.82, 2.24) is 0 Å². The molecular weight excluding hydrogens is 431 g/mol. The molecule has 0 aromatic heterocycles. The molecule has 0 radical (unpaired) electrons. The summed E-state index contributed by atoms with van der Waals surface area (Å²) >= 11 is -2.38. The van der Waals surface area contributed by atoms with E-state index in [-0.39, 0.29) is 3.62 Å². The second kappa shape index (κ2) is 13.2. The molecule has 0 rings (SSSR count). The van der Waals surface area contributed by atoms with Crippen molar-refractivity contribution < 1.29 is 9.47 Å². The van der Waals surface area contributed by atoms with Crippen LogP contribution < -0.4 is 0 Å². The molecule has 0 atom stereocenters. The van der Waals surface area contributed by atoms with Crippen LogP contribution in [0.4, 0.5) is 0 Å². The van der Waals surface area contributed by atoms with E-state index in [0.717, 1.165) is 6.61 Å². The Morgan fingerprint density at radius 2 is 1.24 bits per heavy atom. The molecule has 25 heavy (non-hydrogen) atoms. The standard InChI is InChI=1S/C9H21O2Si.3C4H9.Sn/c1-9(2)11-8-10-6-7-12(3,4)5;3*1-3-4-2;/h6-8H2,1-5H3;3*1,3-4H2,2H3;. The van der Waals surface area contributed by atoms with Gasteiger partial charge in [-0.05, 0) is 0 Å². The summed E-state index contributed by atoms with van der Waals surface area (Å²) in [6.45, 7) is 20.4. The first kappa shape index (κ1) is 25.9. The summed E-state index contributed by atoms with van der Waals surface area (Å²) in [5.41, 5.74) is 0. The molecule has 0 fully saturated rings. The molecular formula is C21H48O2SiSn. The van der Waals surface area contributed by atoms with Gasteiger partial charge in [0.25, 0.3) is 0 Å². The molecule has 0 saturated carbocycles. The Morgan fingerprint density at radius 3 is 1.60 bits per heavy atom. The molecule has 0 aliphatic carbocycles. The van der Waals surface area contributed by atoms with Gasteiger partial charge in [0, 0.05) is 0 Å². The Bertz CT molecular complexity index is 305. The summed E-state index contributed by atoms with van der Waals surface area (Å²) < 4.78 is 17.0. The van der Waals surface area contributed by atoms with Crippen LogP contribution in [-0.4, -0.2) is 43.5 Å². The average Bonchev–Trinajstić information content (AvgIpc) is 2.52. The van der Waals surface area contributed by atoms with Gasteiger partial charge >= 0.3 is 165 Å². The fourth-order valence-corrected chi connectivity index (χ4v) is 21.5. The number of unbranched alkanes of at least 4 members (excludes halogenated alkanes) is 3. The molecule has 0 aliphatic rings. The van der Waals surface area contributed by atoms with Crippen LogP contribution in [0, 0.1) is 0 Å². The van der Waals surface area contributed by atoms with Crippen LogP contribution in [-0.2, 0) is 9.47 Å². The van der Waals surface area contributed by atoms with Crippen molar-refractivity contribution in [2.75, 3.05) is 13.4 Å². The van der Waals surface area contributed by atoms with Gasteiger partial charge in [0.05, 0.1) is 0 Å². The summed E-state index contributed by atoms with van der Waals surface area (Å²) in [6.07, 6.45) is 8.14. The SMILES string of the molecule is CCC[CH2][Sn]([CH2]CCC)([CH2]CCC)[C](C)(C)OCOCC[Si](C)(C)C. The van der Waals surface area contributed by atoms with Crippen LogP contribution in [0.1, 0.15) is 73.1 Å². The number of hydrogen-bond donors (Lipinski definition) is 0. The average molecular weight is 479 g/mol. The van der Waals surface area contributed by atoms with Crippen molar-refractivity contribution in [2.45, 2.75) is 116 Å². The maximum atomic E-state index is 6.49.